The van der Waals surface area contributed by atoms with Crippen LogP contribution < -0.4 is 5.32 Å². The zero-order valence-corrected chi connectivity index (χ0v) is 12.7. The molecule has 0 aliphatic rings. The van der Waals surface area contributed by atoms with E-state index in [0.29, 0.717) is 25.7 Å². The number of nitriles is 1. The maximum atomic E-state index is 9.17. The van der Waals surface area contributed by atoms with Crippen LogP contribution in [0.25, 0.3) is 0 Å². The molecule has 0 fully saturated rings. The van der Waals surface area contributed by atoms with Crippen LogP contribution in [0.4, 0.5) is 0 Å². The molecule has 1 atom stereocenters. The summed E-state index contributed by atoms with van der Waals surface area (Å²) >= 11 is 0. The molecule has 0 heterocycles. The molecule has 0 aromatic heterocycles. The molecule has 0 aliphatic carbocycles. The monoisotopic (exact) mass is 256 g/mol. The van der Waals surface area contributed by atoms with E-state index in [9.17, 15) is 0 Å². The Labute approximate surface area is 112 Å². The highest BCUT2D eigenvalue weighted by molar-refractivity contribution is 5.04. The molecule has 18 heavy (non-hydrogen) atoms. The fourth-order valence-corrected chi connectivity index (χ4v) is 1.60. The third-order valence-electron chi connectivity index (χ3n) is 3.00. The average Bonchev–Trinajstić information content (AvgIpc) is 2.27. The second-order valence-corrected chi connectivity index (χ2v) is 5.82. The van der Waals surface area contributed by atoms with E-state index >= 15 is 0 Å². The van der Waals surface area contributed by atoms with Crippen LogP contribution >= 0.6 is 0 Å². The zero-order chi connectivity index (χ0) is 14.2. The lowest BCUT2D eigenvalue weighted by Gasteiger charge is -2.26. The van der Waals surface area contributed by atoms with Crippen LogP contribution in [0.3, 0.4) is 0 Å². The molecule has 0 bridgehead atoms. The van der Waals surface area contributed by atoms with E-state index in [1.807, 2.05) is 34.6 Å². The van der Waals surface area contributed by atoms with Crippen LogP contribution in [0.15, 0.2) is 0 Å². The van der Waals surface area contributed by atoms with Gasteiger partial charge in [0.2, 0.25) is 0 Å². The van der Waals surface area contributed by atoms with Crippen LogP contribution in [0.5, 0.6) is 0 Å². The molecule has 0 saturated heterocycles. The minimum atomic E-state index is -0.509. The molecular formula is C14H28N2O2. The van der Waals surface area contributed by atoms with Crippen molar-refractivity contribution in [2.75, 3.05) is 20.3 Å². The number of hydrogen-bond donors (Lipinski definition) is 1. The van der Waals surface area contributed by atoms with Crippen molar-refractivity contribution in [2.45, 2.75) is 64.6 Å². The normalized spacial score (nSPS) is 15.4. The summed E-state index contributed by atoms with van der Waals surface area (Å²) < 4.78 is 10.9. The lowest BCUT2D eigenvalue weighted by Crippen LogP contribution is -2.45. The molecule has 1 N–H and O–H groups in total. The van der Waals surface area contributed by atoms with Crippen molar-refractivity contribution in [3.63, 3.8) is 0 Å². The van der Waals surface area contributed by atoms with E-state index in [2.05, 4.69) is 11.4 Å². The molecule has 0 aromatic rings. The molecule has 4 heteroatoms. The van der Waals surface area contributed by atoms with Crippen molar-refractivity contribution < 1.29 is 9.47 Å². The lowest BCUT2D eigenvalue weighted by molar-refractivity contribution is -0.0112. The zero-order valence-electron chi connectivity index (χ0n) is 12.7. The van der Waals surface area contributed by atoms with Gasteiger partial charge in [-0.05, 0) is 41.0 Å². The van der Waals surface area contributed by atoms with Crippen molar-refractivity contribution in [2.24, 2.45) is 0 Å². The minimum absolute atomic E-state index is 0.144. The average molecular weight is 256 g/mol. The number of nitrogens with zero attached hydrogens (tertiary/aromatic N) is 1. The molecule has 0 aromatic carbocycles. The van der Waals surface area contributed by atoms with Crippen molar-refractivity contribution >= 4 is 0 Å². The first-order valence-corrected chi connectivity index (χ1v) is 6.56. The van der Waals surface area contributed by atoms with Gasteiger partial charge < -0.3 is 9.47 Å². The Bertz CT molecular complexity index is 271. The number of nitrogens with one attached hydrogen (secondary N) is 1. The smallest absolute Gasteiger partial charge is 0.106 e. The van der Waals surface area contributed by atoms with E-state index in [1.165, 1.54) is 0 Å². The van der Waals surface area contributed by atoms with Crippen molar-refractivity contribution in [3.8, 4) is 6.07 Å². The summed E-state index contributed by atoms with van der Waals surface area (Å²) in [4.78, 5) is 0. The van der Waals surface area contributed by atoms with Gasteiger partial charge in [0.1, 0.15) is 5.54 Å². The topological polar surface area (TPSA) is 54.3 Å². The predicted octanol–water partition coefficient (Wildman–Crippen LogP) is 2.49. The van der Waals surface area contributed by atoms with E-state index in [1.54, 1.807) is 7.11 Å². The standard InChI is InChI=1S/C14H28N2O2/c1-12(2)16-14(5,11-15)8-10-18-9-7-13(3,4)17-6/h12,16H,7-10H2,1-6H3. The molecule has 4 nitrogen and oxygen atoms in total. The Morgan fingerprint density at radius 1 is 1.17 bits per heavy atom. The first-order valence-electron chi connectivity index (χ1n) is 6.56. The lowest BCUT2D eigenvalue weighted by atomic mass is 9.99. The summed E-state index contributed by atoms with van der Waals surface area (Å²) in [6.07, 6.45) is 1.54. The number of rotatable bonds is 9. The van der Waals surface area contributed by atoms with Gasteiger partial charge in [0.25, 0.3) is 0 Å². The molecule has 0 radical (unpaired) electrons. The summed E-state index contributed by atoms with van der Waals surface area (Å²) in [5.41, 5.74) is -0.653. The van der Waals surface area contributed by atoms with Crippen LogP contribution in [-0.2, 0) is 9.47 Å². The maximum Gasteiger partial charge on any atom is 0.106 e. The minimum Gasteiger partial charge on any atom is -0.381 e. The van der Waals surface area contributed by atoms with Crippen LogP contribution in [0.2, 0.25) is 0 Å². The highest BCUT2D eigenvalue weighted by Crippen LogP contribution is 2.14. The third kappa shape index (κ3) is 7.65. The van der Waals surface area contributed by atoms with Gasteiger partial charge in [-0.15, -0.1) is 0 Å². The highest BCUT2D eigenvalue weighted by atomic mass is 16.5. The second kappa shape index (κ2) is 7.73. The van der Waals surface area contributed by atoms with Gasteiger partial charge in [0.05, 0.1) is 11.7 Å². The Morgan fingerprint density at radius 3 is 2.17 bits per heavy atom. The van der Waals surface area contributed by atoms with Gasteiger partial charge in [0, 0.05) is 32.8 Å². The van der Waals surface area contributed by atoms with Gasteiger partial charge >= 0.3 is 0 Å². The van der Waals surface area contributed by atoms with Gasteiger partial charge in [-0.1, -0.05) is 0 Å². The third-order valence-corrected chi connectivity index (χ3v) is 3.00. The summed E-state index contributed by atoms with van der Waals surface area (Å²) in [6, 6.07) is 2.61. The second-order valence-electron chi connectivity index (χ2n) is 5.82. The van der Waals surface area contributed by atoms with Crippen LogP contribution in [0.1, 0.15) is 47.5 Å². The van der Waals surface area contributed by atoms with Gasteiger partial charge in [-0.3, -0.25) is 5.32 Å². The number of hydrogen-bond acceptors (Lipinski definition) is 4. The van der Waals surface area contributed by atoms with Crippen molar-refractivity contribution in [1.29, 1.82) is 5.26 Å². The van der Waals surface area contributed by atoms with Crippen LogP contribution in [0, 0.1) is 11.3 Å². The predicted molar refractivity (Wildman–Crippen MR) is 73.4 cm³/mol. The van der Waals surface area contributed by atoms with Crippen molar-refractivity contribution in [3.05, 3.63) is 0 Å². The Morgan fingerprint density at radius 2 is 1.72 bits per heavy atom. The first-order chi connectivity index (χ1) is 8.24. The fourth-order valence-electron chi connectivity index (χ4n) is 1.60. The Kier molecular flexibility index (Phi) is 7.46. The highest BCUT2D eigenvalue weighted by Gasteiger charge is 2.24. The largest absolute Gasteiger partial charge is 0.381 e. The molecular weight excluding hydrogens is 228 g/mol. The van der Waals surface area contributed by atoms with Crippen molar-refractivity contribution in [1.82, 2.24) is 5.32 Å². The molecule has 1 unspecified atom stereocenters. The number of ether oxygens (including phenoxy) is 2. The van der Waals surface area contributed by atoms with Crippen LogP contribution in [-0.4, -0.2) is 37.5 Å². The first kappa shape index (κ1) is 17.4. The summed E-state index contributed by atoms with van der Waals surface area (Å²) in [7, 11) is 1.71. The summed E-state index contributed by atoms with van der Waals surface area (Å²) in [5, 5.41) is 12.4. The molecule has 0 aliphatic heterocycles. The fraction of sp³-hybridized carbons (Fsp3) is 0.929. The molecule has 0 amide bonds. The van der Waals surface area contributed by atoms with Gasteiger partial charge in [-0.2, -0.15) is 5.26 Å². The Balaban J connectivity index is 3.86. The van der Waals surface area contributed by atoms with E-state index in [4.69, 9.17) is 14.7 Å². The SMILES string of the molecule is COC(C)(C)CCOCCC(C)(C#N)NC(C)C. The molecule has 0 saturated carbocycles. The quantitative estimate of drug-likeness (QED) is 0.644. The molecule has 0 spiro atoms. The van der Waals surface area contributed by atoms with E-state index in [-0.39, 0.29) is 5.60 Å². The van der Waals surface area contributed by atoms with E-state index in [0.717, 1.165) is 6.42 Å². The maximum absolute atomic E-state index is 9.17. The summed E-state index contributed by atoms with van der Waals surface area (Å²) in [5.74, 6) is 0. The summed E-state index contributed by atoms with van der Waals surface area (Å²) in [6.45, 7) is 11.3. The van der Waals surface area contributed by atoms with Gasteiger partial charge in [0.15, 0.2) is 0 Å². The number of methoxy groups -OCH3 is 1. The molecule has 0 rings (SSSR count). The van der Waals surface area contributed by atoms with E-state index < -0.39 is 5.54 Å². The van der Waals surface area contributed by atoms with Gasteiger partial charge in [-0.25, -0.2) is 0 Å². The Hall–Kier alpha value is -0.630. The molecule has 106 valence electrons.